The monoisotopic (exact) mass is 414 g/mol. The lowest BCUT2D eigenvalue weighted by atomic mass is 9.43. The molecule has 170 valence electrons. The zero-order valence-corrected chi connectivity index (χ0v) is 20.2. The standard InChI is InChI=1S/C28H46O2/c1-7-25(3,29)14-12-19(2)22-10-11-23-21-9-8-20-18-26(4,30)16-17-27(20,5)24(21)13-15-28(22,23)6/h1,19-24,29-30H,8-18H2,2-6H3/t19-,20+,21+,22?,23+,24+,25-,26+,27+,28-/m1/s1. The van der Waals surface area contributed by atoms with Crippen molar-refractivity contribution in [1.29, 1.82) is 0 Å². The predicted octanol–water partition coefficient (Wildman–Crippen LogP) is 6.20. The van der Waals surface area contributed by atoms with E-state index >= 15 is 0 Å². The van der Waals surface area contributed by atoms with Crippen LogP contribution in [-0.2, 0) is 0 Å². The predicted molar refractivity (Wildman–Crippen MR) is 124 cm³/mol. The van der Waals surface area contributed by atoms with Crippen molar-refractivity contribution in [1.82, 2.24) is 0 Å². The number of hydrogen-bond acceptors (Lipinski definition) is 2. The number of fused-ring (bicyclic) bond motifs is 5. The third-order valence-corrected chi connectivity index (χ3v) is 11.1. The van der Waals surface area contributed by atoms with Crippen LogP contribution in [0, 0.1) is 58.7 Å². The molecule has 4 saturated carbocycles. The molecule has 2 nitrogen and oxygen atoms in total. The molecular weight excluding hydrogens is 368 g/mol. The summed E-state index contributed by atoms with van der Waals surface area (Å²) in [4.78, 5) is 0. The van der Waals surface area contributed by atoms with Gasteiger partial charge < -0.3 is 10.2 Å². The van der Waals surface area contributed by atoms with Gasteiger partial charge in [0.15, 0.2) is 0 Å². The Hall–Kier alpha value is -0.520. The molecule has 2 heteroatoms. The summed E-state index contributed by atoms with van der Waals surface area (Å²) in [6.45, 7) is 11.5. The molecule has 0 amide bonds. The van der Waals surface area contributed by atoms with E-state index in [9.17, 15) is 10.2 Å². The van der Waals surface area contributed by atoms with Crippen LogP contribution >= 0.6 is 0 Å². The van der Waals surface area contributed by atoms with Gasteiger partial charge in [0.05, 0.1) is 5.60 Å². The number of terminal acetylenes is 1. The summed E-state index contributed by atoms with van der Waals surface area (Å²) in [6, 6.07) is 0. The molecule has 4 fully saturated rings. The second kappa shape index (κ2) is 7.52. The van der Waals surface area contributed by atoms with Crippen LogP contribution in [0.4, 0.5) is 0 Å². The zero-order valence-electron chi connectivity index (χ0n) is 20.2. The first-order valence-corrected chi connectivity index (χ1v) is 12.8. The third-order valence-electron chi connectivity index (χ3n) is 11.1. The molecule has 2 N–H and O–H groups in total. The van der Waals surface area contributed by atoms with Gasteiger partial charge in [-0.05, 0) is 131 Å². The Labute approximate surface area is 185 Å². The molecule has 0 spiro atoms. The first-order valence-electron chi connectivity index (χ1n) is 12.8. The van der Waals surface area contributed by atoms with Gasteiger partial charge in [0.2, 0.25) is 0 Å². The molecule has 10 atom stereocenters. The maximum Gasteiger partial charge on any atom is 0.122 e. The van der Waals surface area contributed by atoms with Crippen molar-refractivity contribution in [2.24, 2.45) is 46.3 Å². The largest absolute Gasteiger partial charge is 0.390 e. The van der Waals surface area contributed by atoms with Gasteiger partial charge >= 0.3 is 0 Å². The van der Waals surface area contributed by atoms with Crippen molar-refractivity contribution in [2.45, 2.75) is 116 Å². The van der Waals surface area contributed by atoms with E-state index in [0.29, 0.717) is 29.1 Å². The molecule has 4 aliphatic carbocycles. The molecule has 0 heterocycles. The van der Waals surface area contributed by atoms with E-state index in [1.54, 1.807) is 6.92 Å². The van der Waals surface area contributed by atoms with Crippen molar-refractivity contribution >= 4 is 0 Å². The number of hydrogen-bond donors (Lipinski definition) is 2. The fourth-order valence-corrected chi connectivity index (χ4v) is 9.19. The highest BCUT2D eigenvalue weighted by Gasteiger charge is 2.61. The fraction of sp³-hybridized carbons (Fsp3) is 0.929. The highest BCUT2D eigenvalue weighted by molar-refractivity contribution is 5.11. The molecule has 0 aromatic carbocycles. The van der Waals surface area contributed by atoms with E-state index in [4.69, 9.17) is 6.42 Å². The van der Waals surface area contributed by atoms with Crippen LogP contribution in [-0.4, -0.2) is 21.4 Å². The van der Waals surface area contributed by atoms with E-state index in [2.05, 4.69) is 33.6 Å². The first kappa shape index (κ1) is 22.7. The topological polar surface area (TPSA) is 40.5 Å². The lowest BCUT2D eigenvalue weighted by molar-refractivity contribution is -0.148. The fourth-order valence-electron chi connectivity index (χ4n) is 9.19. The van der Waals surface area contributed by atoms with Crippen molar-refractivity contribution in [3.63, 3.8) is 0 Å². The van der Waals surface area contributed by atoms with Crippen molar-refractivity contribution in [3.8, 4) is 12.3 Å². The normalized spacial score (nSPS) is 51.1. The van der Waals surface area contributed by atoms with Crippen LogP contribution in [0.5, 0.6) is 0 Å². The Morgan fingerprint density at radius 3 is 2.40 bits per heavy atom. The third kappa shape index (κ3) is 3.67. The van der Waals surface area contributed by atoms with Gasteiger partial charge in [-0.2, -0.15) is 0 Å². The van der Waals surface area contributed by atoms with E-state index in [1.807, 2.05) is 0 Å². The van der Waals surface area contributed by atoms with Gasteiger partial charge in [-0.25, -0.2) is 0 Å². The summed E-state index contributed by atoms with van der Waals surface area (Å²) >= 11 is 0. The van der Waals surface area contributed by atoms with Crippen LogP contribution in [0.15, 0.2) is 0 Å². The molecule has 0 radical (unpaired) electrons. The summed E-state index contributed by atoms with van der Waals surface area (Å²) in [5.74, 6) is 7.31. The Bertz CT molecular complexity index is 687. The minimum atomic E-state index is -0.958. The molecular formula is C28H46O2. The average Bonchev–Trinajstić information content (AvgIpc) is 3.04. The summed E-state index contributed by atoms with van der Waals surface area (Å²) in [5, 5.41) is 21.0. The van der Waals surface area contributed by atoms with Gasteiger partial charge in [-0.3, -0.25) is 0 Å². The number of aliphatic hydroxyl groups is 2. The Balaban J connectivity index is 1.48. The van der Waals surface area contributed by atoms with Crippen molar-refractivity contribution in [3.05, 3.63) is 0 Å². The smallest absolute Gasteiger partial charge is 0.122 e. The Morgan fingerprint density at radius 2 is 1.70 bits per heavy atom. The average molecular weight is 415 g/mol. The first-order chi connectivity index (χ1) is 13.9. The Morgan fingerprint density at radius 1 is 1.00 bits per heavy atom. The van der Waals surface area contributed by atoms with E-state index < -0.39 is 11.2 Å². The summed E-state index contributed by atoms with van der Waals surface area (Å²) in [5.41, 5.74) is -0.485. The minimum Gasteiger partial charge on any atom is -0.390 e. The van der Waals surface area contributed by atoms with E-state index in [1.165, 1.54) is 44.9 Å². The van der Waals surface area contributed by atoms with Gasteiger partial charge in [0.25, 0.3) is 0 Å². The van der Waals surface area contributed by atoms with Crippen LogP contribution in [0.2, 0.25) is 0 Å². The maximum atomic E-state index is 10.7. The Kier molecular flexibility index (Phi) is 5.68. The molecule has 0 aromatic rings. The highest BCUT2D eigenvalue weighted by Crippen LogP contribution is 2.68. The quantitative estimate of drug-likeness (QED) is 0.538. The lowest BCUT2D eigenvalue weighted by Crippen LogP contribution is -2.55. The second-order valence-corrected chi connectivity index (χ2v) is 13.0. The minimum absolute atomic E-state index is 0.437. The van der Waals surface area contributed by atoms with Crippen LogP contribution in [0.25, 0.3) is 0 Å². The molecule has 4 aliphatic rings. The maximum absolute atomic E-state index is 10.7. The molecule has 0 aromatic heterocycles. The molecule has 4 rings (SSSR count). The van der Waals surface area contributed by atoms with Gasteiger partial charge in [-0.15, -0.1) is 6.42 Å². The van der Waals surface area contributed by atoms with Crippen LogP contribution in [0.3, 0.4) is 0 Å². The zero-order chi connectivity index (χ0) is 21.9. The van der Waals surface area contributed by atoms with Crippen molar-refractivity contribution in [2.75, 3.05) is 0 Å². The molecule has 0 bridgehead atoms. The van der Waals surface area contributed by atoms with Gasteiger partial charge in [0.1, 0.15) is 5.60 Å². The summed E-state index contributed by atoms with van der Waals surface area (Å²) in [7, 11) is 0. The van der Waals surface area contributed by atoms with E-state index in [-0.39, 0.29) is 0 Å². The SMILES string of the molecule is C#C[C@@](C)(O)CC[C@@H](C)C1CC[C@H]2[C@@H]3CC[C@H]4C[C@@](C)(O)CC[C@]4(C)[C@H]3CC[C@]12C. The lowest BCUT2D eigenvalue weighted by Gasteiger charge is -2.62. The van der Waals surface area contributed by atoms with Crippen LogP contribution < -0.4 is 0 Å². The summed E-state index contributed by atoms with van der Waals surface area (Å²) < 4.78 is 0. The molecule has 0 aliphatic heterocycles. The second-order valence-electron chi connectivity index (χ2n) is 13.0. The molecule has 1 unspecified atom stereocenters. The number of rotatable bonds is 4. The van der Waals surface area contributed by atoms with E-state index in [0.717, 1.165) is 42.9 Å². The summed E-state index contributed by atoms with van der Waals surface area (Å²) in [6.07, 6.45) is 18.7. The van der Waals surface area contributed by atoms with Gasteiger partial charge in [-0.1, -0.05) is 26.7 Å². The van der Waals surface area contributed by atoms with Crippen LogP contribution in [0.1, 0.15) is 105 Å². The van der Waals surface area contributed by atoms with Crippen molar-refractivity contribution < 1.29 is 10.2 Å². The molecule has 0 saturated heterocycles. The highest BCUT2D eigenvalue weighted by atomic mass is 16.3. The molecule has 30 heavy (non-hydrogen) atoms. The van der Waals surface area contributed by atoms with Gasteiger partial charge in [0, 0.05) is 0 Å².